The molecule has 0 radical (unpaired) electrons. The van der Waals surface area contributed by atoms with Gasteiger partial charge < -0.3 is 15.9 Å². The number of carboxylic acids is 2. The molecule has 152 valence electrons. The molecule has 4 N–H and O–H groups in total. The summed E-state index contributed by atoms with van der Waals surface area (Å²) in [7, 11) is 0. The Morgan fingerprint density at radius 2 is 1.63 bits per heavy atom. The molecule has 0 fully saturated rings. The normalized spacial score (nSPS) is 12.6. The van der Waals surface area contributed by atoms with E-state index in [9.17, 15) is 18.0 Å². The van der Waals surface area contributed by atoms with Crippen molar-refractivity contribution in [3.05, 3.63) is 35.4 Å². The number of benzene rings is 1. The highest BCUT2D eigenvalue weighted by Gasteiger charge is 2.32. The summed E-state index contributed by atoms with van der Waals surface area (Å²) in [5.41, 5.74) is 4.87. The van der Waals surface area contributed by atoms with Crippen molar-refractivity contribution < 1.29 is 37.8 Å². The van der Waals surface area contributed by atoms with E-state index in [-0.39, 0.29) is 24.7 Å². The zero-order chi connectivity index (χ0) is 21.4. The summed E-state index contributed by atoms with van der Waals surface area (Å²) >= 11 is 0. The van der Waals surface area contributed by atoms with E-state index in [4.69, 9.17) is 25.5 Å². The van der Waals surface area contributed by atoms with Crippen LogP contribution in [0.25, 0.3) is 0 Å². The first kappa shape index (κ1) is 24.6. The van der Waals surface area contributed by atoms with Crippen LogP contribution in [0.5, 0.6) is 0 Å². The van der Waals surface area contributed by atoms with Crippen molar-refractivity contribution in [2.24, 2.45) is 11.1 Å². The molecule has 0 saturated carbocycles. The minimum atomic E-state index is -4.37. The molecular weight excluding hydrogens is 367 g/mol. The van der Waals surface area contributed by atoms with Crippen LogP contribution >= 0.6 is 0 Å². The zero-order valence-electron chi connectivity index (χ0n) is 15.3. The van der Waals surface area contributed by atoms with Crippen LogP contribution in [-0.4, -0.2) is 34.0 Å². The Hall–Kier alpha value is -2.42. The predicted octanol–water partition coefficient (Wildman–Crippen LogP) is 3.13. The number of hydrogen-bond acceptors (Lipinski definition) is 4. The van der Waals surface area contributed by atoms with E-state index in [1.54, 1.807) is 19.9 Å². The Morgan fingerprint density at radius 1 is 1.11 bits per heavy atom. The van der Waals surface area contributed by atoms with Gasteiger partial charge in [0.25, 0.3) is 0 Å². The van der Waals surface area contributed by atoms with Gasteiger partial charge in [-0.3, -0.25) is 4.79 Å². The third-order valence-corrected chi connectivity index (χ3v) is 3.81. The lowest BCUT2D eigenvalue weighted by molar-refractivity contribution is -0.159. The molecule has 0 aliphatic heterocycles. The molecule has 6 nitrogen and oxygen atoms in total. The number of nitrogens with two attached hydrogens (primary N) is 1. The maximum absolute atomic E-state index is 12.7. The predicted molar refractivity (Wildman–Crippen MR) is 92.1 cm³/mol. The van der Waals surface area contributed by atoms with Gasteiger partial charge in [-0.1, -0.05) is 39.0 Å². The van der Waals surface area contributed by atoms with E-state index in [0.717, 1.165) is 12.1 Å². The maximum Gasteiger partial charge on any atom is 0.416 e. The summed E-state index contributed by atoms with van der Waals surface area (Å²) in [5.74, 6) is -3.67. The standard InChI is InChI=1S/C16H22F3NO.C2H2O4/c1-4-13(20)9-14(21)15(2,3)10-11-6-5-7-12(8-11)16(17,18)19;3-1(4)2(5)6/h5-8,13H,4,9-10,20H2,1-3H3;(H,3,4)(H,5,6). The van der Waals surface area contributed by atoms with Crippen molar-refractivity contribution >= 4 is 17.7 Å². The molecule has 1 unspecified atom stereocenters. The summed E-state index contributed by atoms with van der Waals surface area (Å²) in [6, 6.07) is 4.93. The highest BCUT2D eigenvalue weighted by molar-refractivity contribution is 6.27. The molecule has 0 heterocycles. The molecule has 1 aromatic carbocycles. The number of hydrogen-bond donors (Lipinski definition) is 3. The van der Waals surface area contributed by atoms with E-state index >= 15 is 0 Å². The smallest absolute Gasteiger partial charge is 0.416 e. The summed E-state index contributed by atoms with van der Waals surface area (Å²) in [6.45, 7) is 5.40. The van der Waals surface area contributed by atoms with Crippen molar-refractivity contribution in [1.82, 2.24) is 0 Å². The highest BCUT2D eigenvalue weighted by atomic mass is 19.4. The Morgan fingerprint density at radius 3 is 2.04 bits per heavy atom. The number of rotatable bonds is 6. The Bertz CT molecular complexity index is 659. The number of ketones is 1. The second-order valence-electron chi connectivity index (χ2n) is 6.66. The van der Waals surface area contributed by atoms with Crippen molar-refractivity contribution in [1.29, 1.82) is 0 Å². The van der Waals surface area contributed by atoms with E-state index in [1.165, 1.54) is 6.07 Å². The van der Waals surface area contributed by atoms with Gasteiger partial charge in [0.2, 0.25) is 0 Å². The zero-order valence-corrected chi connectivity index (χ0v) is 15.3. The van der Waals surface area contributed by atoms with Crippen LogP contribution in [0.1, 0.15) is 44.7 Å². The van der Waals surface area contributed by atoms with Crippen molar-refractivity contribution in [3.8, 4) is 0 Å². The van der Waals surface area contributed by atoms with Crippen molar-refractivity contribution in [2.45, 2.75) is 52.3 Å². The van der Waals surface area contributed by atoms with Crippen LogP contribution in [0.3, 0.4) is 0 Å². The summed E-state index contributed by atoms with van der Waals surface area (Å²) in [6.07, 6.45) is -3.14. The average Bonchev–Trinajstić information content (AvgIpc) is 2.54. The number of aliphatic carboxylic acids is 2. The molecule has 0 saturated heterocycles. The molecule has 0 bridgehead atoms. The number of halogens is 3. The summed E-state index contributed by atoms with van der Waals surface area (Å²) < 4.78 is 38.1. The van der Waals surface area contributed by atoms with Gasteiger partial charge >= 0.3 is 18.1 Å². The van der Waals surface area contributed by atoms with E-state index in [2.05, 4.69) is 0 Å². The first-order chi connectivity index (χ1) is 12.2. The number of carbonyl (C=O) groups is 3. The highest BCUT2D eigenvalue weighted by Crippen LogP contribution is 2.32. The van der Waals surface area contributed by atoms with E-state index < -0.39 is 29.1 Å². The number of Topliss-reactive ketones (excluding diaryl/α,β-unsaturated/α-hetero) is 1. The molecule has 0 aliphatic carbocycles. The van der Waals surface area contributed by atoms with Crippen molar-refractivity contribution in [3.63, 3.8) is 0 Å². The second-order valence-corrected chi connectivity index (χ2v) is 6.66. The summed E-state index contributed by atoms with van der Waals surface area (Å²) in [4.78, 5) is 30.4. The quantitative estimate of drug-likeness (QED) is 0.641. The number of carboxylic acid groups (broad SMARTS) is 2. The lowest BCUT2D eigenvalue weighted by atomic mass is 9.79. The van der Waals surface area contributed by atoms with Crippen LogP contribution in [0.2, 0.25) is 0 Å². The third kappa shape index (κ3) is 9.18. The van der Waals surface area contributed by atoms with Crippen LogP contribution in [0, 0.1) is 5.41 Å². The maximum atomic E-state index is 12.7. The van der Waals surface area contributed by atoms with E-state index in [1.807, 2.05) is 6.92 Å². The number of alkyl halides is 3. The van der Waals surface area contributed by atoms with Gasteiger partial charge in [0.05, 0.1) is 5.56 Å². The van der Waals surface area contributed by atoms with Gasteiger partial charge in [-0.25, -0.2) is 9.59 Å². The first-order valence-electron chi connectivity index (χ1n) is 8.12. The average molecular weight is 391 g/mol. The summed E-state index contributed by atoms with van der Waals surface area (Å²) in [5, 5.41) is 14.8. The van der Waals surface area contributed by atoms with Gasteiger partial charge in [0, 0.05) is 17.9 Å². The van der Waals surface area contributed by atoms with Crippen LogP contribution in [0.4, 0.5) is 13.2 Å². The molecule has 27 heavy (non-hydrogen) atoms. The molecule has 9 heteroatoms. The van der Waals surface area contributed by atoms with Gasteiger partial charge in [-0.15, -0.1) is 0 Å². The first-order valence-corrected chi connectivity index (χ1v) is 8.12. The molecule has 0 aliphatic rings. The molecular formula is C18H24F3NO5. The Kier molecular flexibility index (Phi) is 9.15. The van der Waals surface area contributed by atoms with Gasteiger partial charge in [-0.2, -0.15) is 13.2 Å². The van der Waals surface area contributed by atoms with Gasteiger partial charge in [0.1, 0.15) is 5.78 Å². The largest absolute Gasteiger partial charge is 0.473 e. The lowest BCUT2D eigenvalue weighted by Crippen LogP contribution is -2.33. The van der Waals surface area contributed by atoms with Crippen LogP contribution < -0.4 is 5.73 Å². The molecule has 1 aromatic rings. The van der Waals surface area contributed by atoms with Gasteiger partial charge in [-0.05, 0) is 24.5 Å². The third-order valence-electron chi connectivity index (χ3n) is 3.81. The molecule has 0 spiro atoms. The number of carbonyl (C=O) groups excluding carboxylic acids is 1. The molecule has 0 amide bonds. The lowest BCUT2D eigenvalue weighted by Gasteiger charge is -2.25. The molecule has 0 aromatic heterocycles. The minimum absolute atomic E-state index is 0.0192. The fraction of sp³-hybridized carbons (Fsp3) is 0.500. The van der Waals surface area contributed by atoms with Crippen molar-refractivity contribution in [2.75, 3.05) is 0 Å². The van der Waals surface area contributed by atoms with E-state index in [0.29, 0.717) is 12.0 Å². The Balaban J connectivity index is 0.000000972. The van der Waals surface area contributed by atoms with Crippen LogP contribution in [0.15, 0.2) is 24.3 Å². The molecule has 1 rings (SSSR count). The van der Waals surface area contributed by atoms with Gasteiger partial charge in [0.15, 0.2) is 0 Å². The monoisotopic (exact) mass is 391 g/mol. The SMILES string of the molecule is CCC(N)CC(=O)C(C)(C)Cc1cccc(C(F)(F)F)c1.O=C(O)C(=O)O. The second kappa shape index (κ2) is 10.1. The fourth-order valence-corrected chi connectivity index (χ4v) is 2.13. The fourth-order valence-electron chi connectivity index (χ4n) is 2.13. The minimum Gasteiger partial charge on any atom is -0.473 e. The Labute approximate surface area is 155 Å². The molecule has 1 atom stereocenters. The van der Waals surface area contributed by atoms with Crippen LogP contribution in [-0.2, 0) is 27.0 Å². The topological polar surface area (TPSA) is 118 Å².